The molecule has 0 aromatic heterocycles. The van der Waals surface area contributed by atoms with E-state index >= 15 is 0 Å². The summed E-state index contributed by atoms with van der Waals surface area (Å²) in [6.07, 6.45) is 3.52. The fourth-order valence-corrected chi connectivity index (χ4v) is 3.01. The van der Waals surface area contributed by atoms with Crippen LogP contribution in [-0.4, -0.2) is 5.11 Å². The molecular weight excluding hydrogens is 387 g/mol. The SMILES string of the molecule is CCCCc1ccc(NC(=S)NCc2ccc(F)c(Br)c2)c(C)c1. The molecular formula is C19H22BrFN2S. The van der Waals surface area contributed by atoms with E-state index in [0.717, 1.165) is 17.7 Å². The van der Waals surface area contributed by atoms with E-state index in [1.54, 1.807) is 12.1 Å². The minimum atomic E-state index is -0.266. The second-order valence-corrected chi connectivity index (χ2v) is 7.07. The van der Waals surface area contributed by atoms with Crippen molar-refractivity contribution in [1.29, 1.82) is 0 Å². The van der Waals surface area contributed by atoms with Crippen LogP contribution in [0.3, 0.4) is 0 Å². The molecule has 5 heteroatoms. The van der Waals surface area contributed by atoms with Gasteiger partial charge >= 0.3 is 0 Å². The molecule has 0 saturated heterocycles. The molecule has 0 amide bonds. The molecule has 0 aliphatic heterocycles. The van der Waals surface area contributed by atoms with E-state index in [9.17, 15) is 4.39 Å². The summed E-state index contributed by atoms with van der Waals surface area (Å²) in [5, 5.41) is 6.93. The first-order valence-corrected chi connectivity index (χ1v) is 9.28. The molecule has 2 aromatic rings. The van der Waals surface area contributed by atoms with Gasteiger partial charge in [0.25, 0.3) is 0 Å². The van der Waals surface area contributed by atoms with Crippen LogP contribution in [0.2, 0.25) is 0 Å². The van der Waals surface area contributed by atoms with Gasteiger partial charge in [-0.15, -0.1) is 0 Å². The summed E-state index contributed by atoms with van der Waals surface area (Å²) in [5.74, 6) is -0.266. The number of anilines is 1. The fourth-order valence-electron chi connectivity index (χ4n) is 2.40. The van der Waals surface area contributed by atoms with Crippen molar-refractivity contribution >= 4 is 38.9 Å². The molecule has 0 saturated carbocycles. The third-order valence-electron chi connectivity index (χ3n) is 3.80. The molecule has 0 atom stereocenters. The average Bonchev–Trinajstić information content (AvgIpc) is 2.56. The Bertz CT molecular complexity index is 719. The van der Waals surface area contributed by atoms with Gasteiger partial charge < -0.3 is 10.6 Å². The second-order valence-electron chi connectivity index (χ2n) is 5.81. The summed E-state index contributed by atoms with van der Waals surface area (Å²) in [6, 6.07) is 11.4. The second kappa shape index (κ2) is 9.14. The Labute approximate surface area is 157 Å². The smallest absolute Gasteiger partial charge is 0.171 e. The van der Waals surface area contributed by atoms with Crippen molar-refractivity contribution in [3.8, 4) is 0 Å². The molecule has 0 radical (unpaired) electrons. The Morgan fingerprint density at radius 2 is 1.92 bits per heavy atom. The van der Waals surface area contributed by atoms with Crippen LogP contribution in [0.4, 0.5) is 10.1 Å². The number of benzene rings is 2. The zero-order valence-electron chi connectivity index (χ0n) is 14.0. The fraction of sp³-hybridized carbons (Fsp3) is 0.316. The largest absolute Gasteiger partial charge is 0.358 e. The van der Waals surface area contributed by atoms with Gasteiger partial charge in [0.05, 0.1) is 4.47 Å². The van der Waals surface area contributed by atoms with Gasteiger partial charge in [-0.25, -0.2) is 4.39 Å². The monoisotopic (exact) mass is 408 g/mol. The number of thiocarbonyl (C=S) groups is 1. The van der Waals surface area contributed by atoms with Crippen LogP contribution in [0.1, 0.15) is 36.5 Å². The van der Waals surface area contributed by atoms with Crippen molar-refractivity contribution in [1.82, 2.24) is 5.32 Å². The van der Waals surface area contributed by atoms with Crippen LogP contribution in [0.15, 0.2) is 40.9 Å². The molecule has 2 rings (SSSR count). The summed E-state index contributed by atoms with van der Waals surface area (Å²) in [7, 11) is 0. The predicted molar refractivity (Wildman–Crippen MR) is 107 cm³/mol. The van der Waals surface area contributed by atoms with E-state index in [1.807, 2.05) is 0 Å². The quantitative estimate of drug-likeness (QED) is 0.597. The standard InChI is InChI=1S/C19H22BrFN2S/c1-3-4-5-14-7-9-18(13(2)10-14)23-19(24)22-12-15-6-8-17(21)16(20)11-15/h6-11H,3-5,12H2,1-2H3,(H2,22,23,24). The molecule has 0 aliphatic carbocycles. The molecule has 0 spiro atoms. The van der Waals surface area contributed by atoms with E-state index in [2.05, 4.69) is 58.6 Å². The van der Waals surface area contributed by atoms with E-state index in [-0.39, 0.29) is 5.82 Å². The minimum absolute atomic E-state index is 0.266. The third-order valence-corrected chi connectivity index (χ3v) is 4.65. The summed E-state index contributed by atoms with van der Waals surface area (Å²) in [5.41, 5.74) is 4.50. The molecule has 0 bridgehead atoms. The number of hydrogen-bond donors (Lipinski definition) is 2. The number of aryl methyl sites for hydroxylation is 2. The first kappa shape index (κ1) is 18.9. The van der Waals surface area contributed by atoms with E-state index in [0.29, 0.717) is 16.1 Å². The van der Waals surface area contributed by atoms with Crippen molar-refractivity contribution in [3.05, 3.63) is 63.4 Å². The van der Waals surface area contributed by atoms with Gasteiger partial charge in [0, 0.05) is 12.2 Å². The average molecular weight is 409 g/mol. The lowest BCUT2D eigenvalue weighted by molar-refractivity contribution is 0.620. The van der Waals surface area contributed by atoms with Crippen molar-refractivity contribution < 1.29 is 4.39 Å². The maximum Gasteiger partial charge on any atom is 0.171 e. The normalized spacial score (nSPS) is 10.5. The van der Waals surface area contributed by atoms with Crippen LogP contribution in [0.25, 0.3) is 0 Å². The van der Waals surface area contributed by atoms with Gasteiger partial charge in [-0.05, 0) is 82.8 Å². The maximum atomic E-state index is 13.2. The van der Waals surface area contributed by atoms with Crippen molar-refractivity contribution in [2.45, 2.75) is 39.7 Å². The lowest BCUT2D eigenvalue weighted by Crippen LogP contribution is -2.28. The number of unbranched alkanes of at least 4 members (excludes halogenated alkanes) is 1. The van der Waals surface area contributed by atoms with E-state index in [4.69, 9.17) is 12.2 Å². The Balaban J connectivity index is 1.90. The molecule has 2 aromatic carbocycles. The predicted octanol–water partition coefficient (Wildman–Crippen LogP) is 5.73. The van der Waals surface area contributed by atoms with Crippen LogP contribution in [0, 0.1) is 12.7 Å². The minimum Gasteiger partial charge on any atom is -0.358 e. The van der Waals surface area contributed by atoms with E-state index < -0.39 is 0 Å². The number of nitrogens with one attached hydrogen (secondary N) is 2. The van der Waals surface area contributed by atoms with Crippen molar-refractivity contribution in [3.63, 3.8) is 0 Å². The highest BCUT2D eigenvalue weighted by atomic mass is 79.9. The molecule has 24 heavy (non-hydrogen) atoms. The topological polar surface area (TPSA) is 24.1 Å². The molecule has 0 fully saturated rings. The van der Waals surface area contributed by atoms with Crippen molar-refractivity contribution in [2.24, 2.45) is 0 Å². The van der Waals surface area contributed by atoms with Crippen molar-refractivity contribution in [2.75, 3.05) is 5.32 Å². The third kappa shape index (κ3) is 5.56. The van der Waals surface area contributed by atoms with Gasteiger partial charge in [-0.2, -0.15) is 0 Å². The Hall–Kier alpha value is -1.46. The Kier molecular flexibility index (Phi) is 7.18. The first-order valence-electron chi connectivity index (χ1n) is 8.08. The molecule has 128 valence electrons. The van der Waals surface area contributed by atoms with Gasteiger partial charge in [0.1, 0.15) is 5.82 Å². The number of hydrogen-bond acceptors (Lipinski definition) is 1. The Morgan fingerprint density at radius 1 is 1.17 bits per heavy atom. The molecule has 2 N–H and O–H groups in total. The molecule has 0 unspecified atom stereocenters. The lowest BCUT2D eigenvalue weighted by atomic mass is 10.0. The maximum absolute atomic E-state index is 13.2. The summed E-state index contributed by atoms with van der Waals surface area (Å²) >= 11 is 8.54. The number of halogens is 2. The molecule has 0 heterocycles. The highest BCUT2D eigenvalue weighted by molar-refractivity contribution is 9.10. The van der Waals surface area contributed by atoms with Crippen LogP contribution >= 0.6 is 28.1 Å². The summed E-state index contributed by atoms with van der Waals surface area (Å²) < 4.78 is 13.7. The highest BCUT2D eigenvalue weighted by Gasteiger charge is 2.04. The Morgan fingerprint density at radius 3 is 2.58 bits per heavy atom. The highest BCUT2D eigenvalue weighted by Crippen LogP contribution is 2.19. The van der Waals surface area contributed by atoms with Gasteiger partial charge in [-0.1, -0.05) is 31.5 Å². The zero-order chi connectivity index (χ0) is 17.5. The van der Waals surface area contributed by atoms with Crippen LogP contribution in [0.5, 0.6) is 0 Å². The summed E-state index contributed by atoms with van der Waals surface area (Å²) in [6.45, 7) is 4.82. The van der Waals surface area contributed by atoms with Gasteiger partial charge in [0.2, 0.25) is 0 Å². The van der Waals surface area contributed by atoms with Crippen LogP contribution < -0.4 is 10.6 Å². The molecule has 2 nitrogen and oxygen atoms in total. The van der Waals surface area contributed by atoms with E-state index in [1.165, 1.54) is 30.0 Å². The summed E-state index contributed by atoms with van der Waals surface area (Å²) in [4.78, 5) is 0. The molecule has 0 aliphatic rings. The zero-order valence-corrected chi connectivity index (χ0v) is 16.4. The van der Waals surface area contributed by atoms with Crippen LogP contribution in [-0.2, 0) is 13.0 Å². The van der Waals surface area contributed by atoms with Gasteiger partial charge in [-0.3, -0.25) is 0 Å². The van der Waals surface area contributed by atoms with Gasteiger partial charge in [0.15, 0.2) is 5.11 Å². The lowest BCUT2D eigenvalue weighted by Gasteiger charge is -2.14. The first-order chi connectivity index (χ1) is 11.5. The number of rotatable bonds is 6.